The summed E-state index contributed by atoms with van der Waals surface area (Å²) in [7, 11) is 0. The number of rotatable bonds is 5. The van der Waals surface area contributed by atoms with Gasteiger partial charge in [0.15, 0.2) is 0 Å². The number of para-hydroxylation sites is 1. The van der Waals surface area contributed by atoms with Gasteiger partial charge in [-0.2, -0.15) is 0 Å². The smallest absolute Gasteiger partial charge is 0.325 e. The summed E-state index contributed by atoms with van der Waals surface area (Å²) in [6.07, 6.45) is 6.58. The number of aromatic amines is 1. The van der Waals surface area contributed by atoms with Crippen LogP contribution in [0.15, 0.2) is 30.5 Å². The molecule has 4 atom stereocenters. The minimum absolute atomic E-state index is 0.112. The van der Waals surface area contributed by atoms with Gasteiger partial charge in [-0.3, -0.25) is 14.5 Å². The molecule has 2 aliphatic rings. The van der Waals surface area contributed by atoms with Crippen LogP contribution in [-0.2, 0) is 16.0 Å². The SMILES string of the molecule is C[C@@H]1CCCC[C@@H]1NC(=O)[C@@H](C)N1C(=O)N[C@H](Cc2c[nH]c3ccccc23)C1=O. The molecule has 1 saturated carbocycles. The first-order chi connectivity index (χ1) is 14.0. The lowest BCUT2D eigenvalue weighted by Crippen LogP contribution is -2.52. The highest BCUT2D eigenvalue weighted by Crippen LogP contribution is 2.25. The van der Waals surface area contributed by atoms with Gasteiger partial charge in [0.2, 0.25) is 5.91 Å². The molecule has 2 fully saturated rings. The van der Waals surface area contributed by atoms with E-state index >= 15 is 0 Å². The quantitative estimate of drug-likeness (QED) is 0.678. The van der Waals surface area contributed by atoms with Gasteiger partial charge in [-0.1, -0.05) is 38.0 Å². The Kier molecular flexibility index (Phi) is 5.30. The van der Waals surface area contributed by atoms with Crippen molar-refractivity contribution in [3.8, 4) is 0 Å². The molecule has 3 N–H and O–H groups in total. The van der Waals surface area contributed by atoms with Crippen LogP contribution in [0.25, 0.3) is 10.9 Å². The van der Waals surface area contributed by atoms with Crippen LogP contribution in [0.5, 0.6) is 0 Å². The standard InChI is InChI=1S/C22H28N4O3/c1-13-7-3-5-9-17(13)24-20(27)14(2)26-21(28)19(25-22(26)29)11-15-12-23-18-10-6-4-8-16(15)18/h4,6,8,10,12-14,17,19,23H,3,5,7,9,11H2,1-2H3,(H,24,27)(H,25,29)/t13-,14-,17+,19-/m1/s1. The van der Waals surface area contributed by atoms with Crippen molar-refractivity contribution in [3.63, 3.8) is 0 Å². The lowest BCUT2D eigenvalue weighted by molar-refractivity contribution is -0.136. The number of carbonyl (C=O) groups excluding carboxylic acids is 3. The van der Waals surface area contributed by atoms with Crippen molar-refractivity contribution in [2.45, 2.75) is 64.1 Å². The Morgan fingerprint density at radius 1 is 1.24 bits per heavy atom. The molecule has 29 heavy (non-hydrogen) atoms. The zero-order chi connectivity index (χ0) is 20.5. The second-order valence-corrected chi connectivity index (χ2v) is 8.33. The first kappa shape index (κ1) is 19.5. The summed E-state index contributed by atoms with van der Waals surface area (Å²) < 4.78 is 0. The minimum Gasteiger partial charge on any atom is -0.361 e. The lowest BCUT2D eigenvalue weighted by atomic mass is 9.86. The molecule has 0 spiro atoms. The van der Waals surface area contributed by atoms with E-state index in [2.05, 4.69) is 22.5 Å². The Morgan fingerprint density at radius 2 is 2.00 bits per heavy atom. The minimum atomic E-state index is -0.829. The van der Waals surface area contributed by atoms with Crippen molar-refractivity contribution < 1.29 is 14.4 Å². The summed E-state index contributed by atoms with van der Waals surface area (Å²) in [5.74, 6) is -0.197. The zero-order valence-corrected chi connectivity index (χ0v) is 16.9. The predicted octanol–water partition coefficient (Wildman–Crippen LogP) is 2.71. The van der Waals surface area contributed by atoms with Crippen LogP contribution in [0.3, 0.4) is 0 Å². The highest BCUT2D eigenvalue weighted by atomic mass is 16.2. The number of benzene rings is 1. The normalized spacial score (nSPS) is 25.9. The van der Waals surface area contributed by atoms with Crippen molar-refractivity contribution >= 4 is 28.7 Å². The van der Waals surface area contributed by atoms with Gasteiger partial charge in [0.1, 0.15) is 12.1 Å². The number of fused-ring (bicyclic) bond motifs is 1. The van der Waals surface area contributed by atoms with Gasteiger partial charge < -0.3 is 15.6 Å². The molecule has 0 bridgehead atoms. The molecule has 0 unspecified atom stereocenters. The van der Waals surface area contributed by atoms with Gasteiger partial charge in [-0.25, -0.2) is 4.79 Å². The Morgan fingerprint density at radius 3 is 2.79 bits per heavy atom. The fourth-order valence-corrected chi connectivity index (χ4v) is 4.53. The van der Waals surface area contributed by atoms with Gasteiger partial charge in [0.05, 0.1) is 0 Å². The third-order valence-electron chi connectivity index (χ3n) is 6.36. The van der Waals surface area contributed by atoms with E-state index in [1.807, 2.05) is 30.5 Å². The second kappa shape index (κ2) is 7.89. The molecular formula is C22H28N4O3. The van der Waals surface area contributed by atoms with Crippen molar-refractivity contribution in [3.05, 3.63) is 36.0 Å². The topological polar surface area (TPSA) is 94.3 Å². The molecule has 2 heterocycles. The Bertz CT molecular complexity index is 937. The van der Waals surface area contributed by atoms with E-state index in [-0.39, 0.29) is 17.9 Å². The van der Waals surface area contributed by atoms with Crippen LogP contribution < -0.4 is 10.6 Å². The van der Waals surface area contributed by atoms with E-state index in [1.54, 1.807) is 6.92 Å². The van der Waals surface area contributed by atoms with E-state index in [9.17, 15) is 14.4 Å². The number of urea groups is 1. The van der Waals surface area contributed by atoms with E-state index in [0.29, 0.717) is 12.3 Å². The molecule has 1 saturated heterocycles. The van der Waals surface area contributed by atoms with Gasteiger partial charge in [0, 0.05) is 29.6 Å². The number of amides is 4. The molecule has 2 aromatic rings. The van der Waals surface area contributed by atoms with Gasteiger partial charge in [0.25, 0.3) is 5.91 Å². The maximum Gasteiger partial charge on any atom is 0.325 e. The number of H-pyrrole nitrogens is 1. The molecule has 154 valence electrons. The third kappa shape index (κ3) is 3.73. The summed E-state index contributed by atoms with van der Waals surface area (Å²) in [5, 5.41) is 6.83. The van der Waals surface area contributed by atoms with E-state index < -0.39 is 18.1 Å². The van der Waals surface area contributed by atoms with E-state index in [1.165, 1.54) is 6.42 Å². The maximum absolute atomic E-state index is 12.9. The number of hydrogen-bond acceptors (Lipinski definition) is 3. The first-order valence-electron chi connectivity index (χ1n) is 10.4. The van der Waals surface area contributed by atoms with Crippen LogP contribution in [0.2, 0.25) is 0 Å². The molecule has 0 radical (unpaired) electrons. The van der Waals surface area contributed by atoms with Crippen LogP contribution in [0.4, 0.5) is 4.79 Å². The fourth-order valence-electron chi connectivity index (χ4n) is 4.53. The molecule has 7 nitrogen and oxygen atoms in total. The summed E-state index contributed by atoms with van der Waals surface area (Å²) in [4.78, 5) is 42.4. The van der Waals surface area contributed by atoms with Crippen LogP contribution in [0, 0.1) is 5.92 Å². The number of aromatic nitrogens is 1. The number of nitrogens with zero attached hydrogens (tertiary/aromatic N) is 1. The summed E-state index contributed by atoms with van der Waals surface area (Å²) in [6, 6.07) is 5.97. The first-order valence-corrected chi connectivity index (χ1v) is 10.4. The Balaban J connectivity index is 1.44. The summed E-state index contributed by atoms with van der Waals surface area (Å²) in [5.41, 5.74) is 1.96. The summed E-state index contributed by atoms with van der Waals surface area (Å²) in [6.45, 7) is 3.76. The van der Waals surface area contributed by atoms with Crippen molar-refractivity contribution in [2.75, 3.05) is 0 Å². The zero-order valence-electron chi connectivity index (χ0n) is 16.9. The van der Waals surface area contributed by atoms with Gasteiger partial charge in [-0.05, 0) is 37.3 Å². The van der Waals surface area contributed by atoms with Crippen LogP contribution in [0.1, 0.15) is 45.1 Å². The second-order valence-electron chi connectivity index (χ2n) is 8.33. The molecule has 4 amide bonds. The van der Waals surface area contributed by atoms with Crippen molar-refractivity contribution in [1.82, 2.24) is 20.5 Å². The maximum atomic E-state index is 12.9. The average molecular weight is 396 g/mol. The van der Waals surface area contributed by atoms with E-state index in [4.69, 9.17) is 0 Å². The summed E-state index contributed by atoms with van der Waals surface area (Å²) >= 11 is 0. The van der Waals surface area contributed by atoms with E-state index in [0.717, 1.165) is 40.6 Å². The highest BCUT2D eigenvalue weighted by molar-refractivity contribution is 6.07. The Labute approximate surface area is 170 Å². The average Bonchev–Trinajstić information content (AvgIpc) is 3.24. The molecule has 1 aliphatic heterocycles. The largest absolute Gasteiger partial charge is 0.361 e. The van der Waals surface area contributed by atoms with Gasteiger partial charge in [-0.15, -0.1) is 0 Å². The fraction of sp³-hybridized carbons (Fsp3) is 0.500. The lowest BCUT2D eigenvalue weighted by Gasteiger charge is -2.31. The Hall–Kier alpha value is -2.83. The molecule has 1 aromatic carbocycles. The van der Waals surface area contributed by atoms with Gasteiger partial charge >= 0.3 is 6.03 Å². The number of imide groups is 1. The molecule has 4 rings (SSSR count). The molecule has 7 heteroatoms. The number of hydrogen-bond donors (Lipinski definition) is 3. The van der Waals surface area contributed by atoms with Crippen molar-refractivity contribution in [2.24, 2.45) is 5.92 Å². The van der Waals surface area contributed by atoms with Crippen molar-refractivity contribution in [1.29, 1.82) is 0 Å². The van der Waals surface area contributed by atoms with Crippen LogP contribution >= 0.6 is 0 Å². The third-order valence-corrected chi connectivity index (χ3v) is 6.36. The number of nitrogens with one attached hydrogen (secondary N) is 3. The molecular weight excluding hydrogens is 368 g/mol. The highest BCUT2D eigenvalue weighted by Gasteiger charge is 2.43. The molecule has 1 aliphatic carbocycles. The predicted molar refractivity (Wildman–Crippen MR) is 110 cm³/mol. The number of carbonyl (C=O) groups is 3. The van der Waals surface area contributed by atoms with Crippen LogP contribution in [-0.4, -0.2) is 45.9 Å². The molecule has 1 aromatic heterocycles. The monoisotopic (exact) mass is 396 g/mol.